The molecule has 4 aromatic carbocycles. The van der Waals surface area contributed by atoms with Crippen LogP contribution < -0.4 is 18.8 Å². The molecule has 0 fully saturated rings. The Morgan fingerprint density at radius 2 is 0.853 bits per heavy atom. The van der Waals surface area contributed by atoms with Gasteiger partial charge >= 0.3 is 53.4 Å². The van der Waals surface area contributed by atoms with Crippen molar-refractivity contribution < 1.29 is 54.2 Å². The van der Waals surface area contributed by atoms with Crippen molar-refractivity contribution in [1.29, 1.82) is 0 Å². The fourth-order valence-electron chi connectivity index (χ4n) is 2.80. The van der Waals surface area contributed by atoms with Crippen molar-refractivity contribution >= 4 is 74.9 Å². The molecule has 0 radical (unpaired) electrons. The molecule has 14 heteroatoms. The van der Waals surface area contributed by atoms with E-state index in [1.54, 1.807) is 36.4 Å². The Labute approximate surface area is 224 Å². The maximum atomic E-state index is 10.6. The first kappa shape index (κ1) is 34.6. The molecule has 0 saturated carbocycles. The summed E-state index contributed by atoms with van der Waals surface area (Å²) in [6, 6.07) is 24.3. The quantitative estimate of drug-likeness (QED) is 0.272. The van der Waals surface area contributed by atoms with Crippen molar-refractivity contribution in [1.82, 2.24) is 0 Å². The van der Waals surface area contributed by atoms with Crippen LogP contribution in [0.25, 0.3) is 21.5 Å². The van der Waals surface area contributed by atoms with Gasteiger partial charge < -0.3 is 45.0 Å². The van der Waals surface area contributed by atoms with Crippen LogP contribution in [0.4, 0.5) is 0 Å². The minimum Gasteiger partial charge on any atom is -0.746 e. The molecule has 11 nitrogen and oxygen atoms in total. The number of benzene rings is 4. The molecule has 0 heterocycles. The van der Waals surface area contributed by atoms with Gasteiger partial charge in [-0.25, -0.2) is 0 Å². The van der Waals surface area contributed by atoms with Crippen LogP contribution in [0.15, 0.2) is 84.9 Å². The van der Waals surface area contributed by atoms with Gasteiger partial charge in [0.15, 0.2) is 0 Å². The van der Waals surface area contributed by atoms with Crippen molar-refractivity contribution in [2.45, 2.75) is 0 Å². The van der Waals surface area contributed by atoms with E-state index in [0.29, 0.717) is 10.8 Å². The van der Waals surface area contributed by atoms with E-state index in [-0.39, 0.29) is 65.7 Å². The van der Waals surface area contributed by atoms with Crippen molar-refractivity contribution in [3.8, 4) is 11.5 Å². The van der Waals surface area contributed by atoms with Crippen LogP contribution in [0.2, 0.25) is 0 Å². The molecule has 4 aromatic rings. The van der Waals surface area contributed by atoms with Gasteiger partial charge in [0, 0.05) is 10.8 Å². The van der Waals surface area contributed by atoms with E-state index in [4.69, 9.17) is 9.79 Å². The summed E-state index contributed by atoms with van der Waals surface area (Å²) < 4.78 is 30.2. The third kappa shape index (κ3) is 10.4. The SMILES string of the molecule is O.O.O.O=P([O-])(O)Oc1cccc2ccccc12.O=P([O-])(O)Oc1cccc2ccccc12.[Ca+2]. The second-order valence-electron chi connectivity index (χ2n) is 6.07. The van der Waals surface area contributed by atoms with Crippen molar-refractivity contribution in [3.63, 3.8) is 0 Å². The van der Waals surface area contributed by atoms with Crippen LogP contribution >= 0.6 is 15.6 Å². The van der Waals surface area contributed by atoms with Gasteiger partial charge in [-0.3, -0.25) is 9.13 Å². The molecule has 2 unspecified atom stereocenters. The van der Waals surface area contributed by atoms with Gasteiger partial charge in [-0.05, 0) is 22.9 Å². The molecule has 0 aliphatic heterocycles. The monoisotopic (exact) mass is 540 g/mol. The first-order valence-electron chi connectivity index (χ1n) is 8.55. The summed E-state index contributed by atoms with van der Waals surface area (Å²) in [5.41, 5.74) is 0. The summed E-state index contributed by atoms with van der Waals surface area (Å²) in [4.78, 5) is 38.4. The predicted molar refractivity (Wildman–Crippen MR) is 125 cm³/mol. The van der Waals surface area contributed by atoms with Gasteiger partial charge in [-0.15, -0.1) is 0 Å². The van der Waals surface area contributed by atoms with E-state index >= 15 is 0 Å². The van der Waals surface area contributed by atoms with Crippen LogP contribution in [-0.2, 0) is 9.13 Å². The number of phosphoric ester groups is 2. The number of phosphoric acid groups is 2. The smallest absolute Gasteiger partial charge is 0.746 e. The number of rotatable bonds is 4. The summed E-state index contributed by atoms with van der Waals surface area (Å²) in [6.45, 7) is 0. The third-order valence-corrected chi connectivity index (χ3v) is 4.78. The molecule has 0 aromatic heterocycles. The van der Waals surface area contributed by atoms with Gasteiger partial charge in [0.05, 0.1) is 0 Å². The normalized spacial score (nSPS) is 13.1. The van der Waals surface area contributed by atoms with Crippen molar-refractivity contribution in [2.75, 3.05) is 0 Å². The number of hydrogen-bond donors (Lipinski definition) is 2. The van der Waals surface area contributed by atoms with Crippen LogP contribution in [0.3, 0.4) is 0 Å². The van der Waals surface area contributed by atoms with Crippen molar-refractivity contribution in [2.24, 2.45) is 0 Å². The fourth-order valence-corrected chi connectivity index (χ4v) is 3.61. The molecule has 34 heavy (non-hydrogen) atoms. The van der Waals surface area contributed by atoms with Crippen LogP contribution in [0, 0.1) is 0 Å². The molecule has 4 rings (SSSR count). The molecule has 0 spiro atoms. The van der Waals surface area contributed by atoms with Crippen LogP contribution in [0.1, 0.15) is 0 Å². The molecular weight excluding hydrogens is 518 g/mol. The molecular formula is C20H22CaO11P2. The largest absolute Gasteiger partial charge is 2.00 e. The second kappa shape index (κ2) is 14.8. The maximum Gasteiger partial charge on any atom is 2.00 e. The Hall–Kier alpha value is -1.56. The molecule has 180 valence electrons. The Kier molecular flexibility index (Phi) is 15.0. The zero-order chi connectivity index (χ0) is 21.8. The predicted octanol–water partition coefficient (Wildman–Crippen LogP) is 0.504. The van der Waals surface area contributed by atoms with Crippen molar-refractivity contribution in [3.05, 3.63) is 84.9 Å². The van der Waals surface area contributed by atoms with Gasteiger partial charge in [0.1, 0.15) is 11.5 Å². The van der Waals surface area contributed by atoms with E-state index < -0.39 is 15.6 Å². The first-order valence-corrected chi connectivity index (χ1v) is 11.5. The van der Waals surface area contributed by atoms with E-state index in [2.05, 4.69) is 9.05 Å². The standard InChI is InChI=1S/2C10H9O4P.Ca.3H2O/c2*11-15(12,13)14-10-7-3-5-8-4-1-2-6-9(8)10;;;;/h2*1-7H,(H2,11,12,13);;3*1H2/q;;+2;;;/p-2. The Morgan fingerprint density at radius 3 is 1.18 bits per heavy atom. The fraction of sp³-hybridized carbons (Fsp3) is 0. The average molecular weight is 540 g/mol. The molecule has 0 aliphatic rings. The summed E-state index contributed by atoms with van der Waals surface area (Å²) >= 11 is 0. The molecule has 8 N–H and O–H groups in total. The summed E-state index contributed by atoms with van der Waals surface area (Å²) in [7, 11) is -9.48. The summed E-state index contributed by atoms with van der Waals surface area (Å²) in [5, 5.41) is 2.99. The molecule has 2 atom stereocenters. The van der Waals surface area contributed by atoms with Gasteiger partial charge in [0.2, 0.25) is 0 Å². The zero-order valence-corrected chi connectivity index (χ0v) is 21.5. The van der Waals surface area contributed by atoms with Gasteiger partial charge in [-0.1, -0.05) is 72.8 Å². The second-order valence-corrected chi connectivity index (χ2v) is 8.31. The first-order chi connectivity index (χ1) is 14.1. The van der Waals surface area contributed by atoms with Crippen LogP contribution in [-0.4, -0.2) is 64.0 Å². The zero-order valence-electron chi connectivity index (χ0n) is 17.5. The van der Waals surface area contributed by atoms with Gasteiger partial charge in [0.25, 0.3) is 0 Å². The van der Waals surface area contributed by atoms with E-state index in [1.165, 1.54) is 12.1 Å². The summed E-state index contributed by atoms with van der Waals surface area (Å²) in [6.07, 6.45) is 0. The molecule has 0 saturated heterocycles. The Morgan fingerprint density at radius 1 is 0.559 bits per heavy atom. The molecule has 0 amide bonds. The number of hydrogen-bond acceptors (Lipinski definition) is 6. The van der Waals surface area contributed by atoms with E-state index in [1.807, 2.05) is 36.4 Å². The summed E-state index contributed by atoms with van der Waals surface area (Å²) in [5.74, 6) is 0.267. The topological polar surface area (TPSA) is 234 Å². The number of fused-ring (bicyclic) bond motifs is 2. The van der Waals surface area contributed by atoms with Crippen LogP contribution in [0.5, 0.6) is 11.5 Å². The van der Waals surface area contributed by atoms with E-state index in [9.17, 15) is 18.9 Å². The Bertz CT molecular complexity index is 1160. The molecule has 0 bridgehead atoms. The average Bonchev–Trinajstić information content (AvgIpc) is 2.67. The third-order valence-electron chi connectivity index (χ3n) is 3.93. The van der Waals surface area contributed by atoms with Gasteiger partial charge in [-0.2, -0.15) is 0 Å². The molecule has 0 aliphatic carbocycles. The minimum absolute atomic E-state index is 0. The maximum absolute atomic E-state index is 10.6. The Balaban J connectivity index is 0. The minimum atomic E-state index is -4.74. The van der Waals surface area contributed by atoms with E-state index in [0.717, 1.165) is 10.8 Å².